The molecule has 0 saturated heterocycles. The van der Waals surface area contributed by atoms with Crippen LogP contribution in [0, 0.1) is 22.0 Å². The van der Waals surface area contributed by atoms with Gasteiger partial charge in [-0.05, 0) is 37.5 Å². The normalized spacial score (nSPS) is 27.2. The highest BCUT2D eigenvalue weighted by Gasteiger charge is 2.29. The lowest BCUT2D eigenvalue weighted by atomic mass is 9.77. The lowest BCUT2D eigenvalue weighted by Crippen LogP contribution is -2.26. The molecule has 19 heavy (non-hydrogen) atoms. The van der Waals surface area contributed by atoms with Crippen molar-refractivity contribution in [3.8, 4) is 0 Å². The summed E-state index contributed by atoms with van der Waals surface area (Å²) in [4.78, 5) is 11.3. The van der Waals surface area contributed by atoms with Gasteiger partial charge in [0.2, 0.25) is 0 Å². The maximum atomic E-state index is 11.1. The van der Waals surface area contributed by atoms with Crippen molar-refractivity contribution < 1.29 is 4.92 Å². The number of rotatable bonds is 4. The van der Waals surface area contributed by atoms with Crippen LogP contribution >= 0.6 is 15.9 Å². The molecule has 3 unspecified atom stereocenters. The van der Waals surface area contributed by atoms with E-state index in [2.05, 4.69) is 22.9 Å². The summed E-state index contributed by atoms with van der Waals surface area (Å²) in [6, 6.07) is 7.14. The maximum absolute atomic E-state index is 11.1. The van der Waals surface area contributed by atoms with Gasteiger partial charge in [-0.1, -0.05) is 47.5 Å². The van der Waals surface area contributed by atoms with Crippen molar-refractivity contribution in [3.05, 3.63) is 39.9 Å². The summed E-state index contributed by atoms with van der Waals surface area (Å²) in [5.41, 5.74) is 1.14. The van der Waals surface area contributed by atoms with Crippen LogP contribution in [0.15, 0.2) is 24.3 Å². The highest BCUT2D eigenvalue weighted by Crippen LogP contribution is 2.38. The number of nitrogens with zero attached hydrogens (tertiary/aromatic N) is 1. The first kappa shape index (κ1) is 14.5. The topological polar surface area (TPSA) is 43.1 Å². The van der Waals surface area contributed by atoms with Gasteiger partial charge in [-0.2, -0.15) is 0 Å². The van der Waals surface area contributed by atoms with Gasteiger partial charge in [0, 0.05) is 16.5 Å². The molecule has 0 aliphatic heterocycles. The summed E-state index contributed by atoms with van der Waals surface area (Å²) in [5, 5.41) is 11.1. The van der Waals surface area contributed by atoms with E-state index in [-0.39, 0.29) is 10.6 Å². The molecule has 0 amide bonds. The summed E-state index contributed by atoms with van der Waals surface area (Å²) in [6.07, 6.45) is 5.67. The van der Waals surface area contributed by atoms with E-state index in [0.29, 0.717) is 10.7 Å². The summed E-state index contributed by atoms with van der Waals surface area (Å²) in [7, 11) is 0. The zero-order chi connectivity index (χ0) is 13.8. The Balaban J connectivity index is 2.13. The largest absolute Gasteiger partial charge is 0.272 e. The molecule has 1 aromatic carbocycles. The van der Waals surface area contributed by atoms with Gasteiger partial charge in [0.1, 0.15) is 0 Å². The first-order valence-corrected chi connectivity index (χ1v) is 7.89. The van der Waals surface area contributed by atoms with Crippen LogP contribution in [0.2, 0.25) is 0 Å². The van der Waals surface area contributed by atoms with Crippen molar-refractivity contribution in [3.63, 3.8) is 0 Å². The van der Waals surface area contributed by atoms with Gasteiger partial charge in [-0.15, -0.1) is 0 Å². The molecule has 1 saturated carbocycles. The third-order valence-electron chi connectivity index (χ3n) is 4.25. The number of alkyl halides is 1. The Hall–Kier alpha value is -0.900. The lowest BCUT2D eigenvalue weighted by molar-refractivity contribution is -0.385. The van der Waals surface area contributed by atoms with E-state index in [1.165, 1.54) is 25.7 Å². The molecule has 0 bridgehead atoms. The van der Waals surface area contributed by atoms with Crippen molar-refractivity contribution in [1.29, 1.82) is 0 Å². The average molecular weight is 326 g/mol. The zero-order valence-electron chi connectivity index (χ0n) is 11.2. The van der Waals surface area contributed by atoms with Gasteiger partial charge in [-0.25, -0.2) is 0 Å². The molecular weight excluding hydrogens is 306 g/mol. The summed E-state index contributed by atoms with van der Waals surface area (Å²) >= 11 is 3.76. The number of hydrogen-bond acceptors (Lipinski definition) is 2. The first-order chi connectivity index (χ1) is 9.11. The molecule has 3 atom stereocenters. The van der Waals surface area contributed by atoms with Gasteiger partial charge >= 0.3 is 0 Å². The highest BCUT2D eigenvalue weighted by atomic mass is 79.9. The molecule has 0 radical (unpaired) electrons. The highest BCUT2D eigenvalue weighted by molar-refractivity contribution is 9.09. The van der Waals surface area contributed by atoms with Crippen LogP contribution in [0.25, 0.3) is 0 Å². The molecule has 0 aromatic heterocycles. The van der Waals surface area contributed by atoms with E-state index < -0.39 is 0 Å². The van der Waals surface area contributed by atoms with E-state index in [4.69, 9.17) is 0 Å². The number of halogens is 1. The van der Waals surface area contributed by atoms with E-state index >= 15 is 0 Å². The standard InChI is InChI=1S/C15H20BrNO2/c1-2-11-7-8-14(16)13(9-11)10-12-5-3-4-6-15(12)17(18)19/h3-6,11,13-14H,2,7-10H2,1H3. The molecule has 104 valence electrons. The Kier molecular flexibility index (Phi) is 4.97. The summed E-state index contributed by atoms with van der Waals surface area (Å²) < 4.78 is 0. The Morgan fingerprint density at radius 2 is 2.11 bits per heavy atom. The number of hydrogen-bond donors (Lipinski definition) is 0. The van der Waals surface area contributed by atoms with Gasteiger partial charge in [0.25, 0.3) is 5.69 Å². The summed E-state index contributed by atoms with van der Waals surface area (Å²) in [5.74, 6) is 1.29. The minimum absolute atomic E-state index is 0.265. The Morgan fingerprint density at radius 1 is 1.37 bits per heavy atom. The molecule has 0 spiro atoms. The quantitative estimate of drug-likeness (QED) is 0.456. The number of nitro groups is 1. The van der Waals surface area contributed by atoms with Gasteiger partial charge in [0.15, 0.2) is 0 Å². The van der Waals surface area contributed by atoms with Crippen LogP contribution in [0.5, 0.6) is 0 Å². The van der Waals surface area contributed by atoms with Crippen LogP contribution in [-0.2, 0) is 6.42 Å². The Bertz CT molecular complexity index is 450. The molecule has 1 aliphatic carbocycles. The van der Waals surface area contributed by atoms with E-state index in [1.54, 1.807) is 12.1 Å². The molecule has 2 rings (SSSR count). The number of benzene rings is 1. The third kappa shape index (κ3) is 3.56. The fraction of sp³-hybridized carbons (Fsp3) is 0.600. The molecule has 0 heterocycles. The maximum Gasteiger partial charge on any atom is 0.272 e. The van der Waals surface area contributed by atoms with Crippen LogP contribution in [0.3, 0.4) is 0 Å². The van der Waals surface area contributed by atoms with Crippen molar-refractivity contribution in [2.75, 3.05) is 0 Å². The number of nitro benzene ring substituents is 1. The van der Waals surface area contributed by atoms with Crippen LogP contribution in [0.4, 0.5) is 5.69 Å². The minimum atomic E-state index is -0.265. The Labute approximate surface area is 122 Å². The van der Waals surface area contributed by atoms with Gasteiger partial charge in [0.05, 0.1) is 4.92 Å². The van der Waals surface area contributed by atoms with Crippen molar-refractivity contribution in [2.24, 2.45) is 11.8 Å². The second-order valence-electron chi connectivity index (χ2n) is 5.45. The van der Waals surface area contributed by atoms with E-state index in [0.717, 1.165) is 17.9 Å². The van der Waals surface area contributed by atoms with Crippen LogP contribution in [0.1, 0.15) is 38.2 Å². The third-order valence-corrected chi connectivity index (χ3v) is 5.45. The molecule has 1 fully saturated rings. The van der Waals surface area contributed by atoms with Crippen molar-refractivity contribution in [2.45, 2.75) is 43.9 Å². The molecule has 3 nitrogen and oxygen atoms in total. The minimum Gasteiger partial charge on any atom is -0.258 e. The lowest BCUT2D eigenvalue weighted by Gasteiger charge is -2.32. The SMILES string of the molecule is CCC1CCC(Br)C(Cc2ccccc2[N+](=O)[O-])C1. The predicted octanol–water partition coefficient (Wildman–Crippen LogP) is 4.73. The second-order valence-corrected chi connectivity index (χ2v) is 6.63. The zero-order valence-corrected chi connectivity index (χ0v) is 12.8. The molecular formula is C15H20BrNO2. The first-order valence-electron chi connectivity index (χ1n) is 6.98. The molecule has 1 aliphatic rings. The molecule has 0 N–H and O–H groups in total. The van der Waals surface area contributed by atoms with Crippen LogP contribution < -0.4 is 0 Å². The molecule has 1 aromatic rings. The summed E-state index contributed by atoms with van der Waals surface area (Å²) in [6.45, 7) is 2.24. The predicted molar refractivity (Wildman–Crippen MR) is 80.6 cm³/mol. The van der Waals surface area contributed by atoms with Gasteiger partial charge in [-0.3, -0.25) is 10.1 Å². The number of para-hydroxylation sites is 1. The van der Waals surface area contributed by atoms with E-state index in [9.17, 15) is 10.1 Å². The molecule has 4 heteroatoms. The van der Waals surface area contributed by atoms with Crippen LogP contribution in [-0.4, -0.2) is 9.75 Å². The Morgan fingerprint density at radius 3 is 2.79 bits per heavy atom. The van der Waals surface area contributed by atoms with Crippen molar-refractivity contribution >= 4 is 21.6 Å². The van der Waals surface area contributed by atoms with Gasteiger partial charge < -0.3 is 0 Å². The van der Waals surface area contributed by atoms with E-state index in [1.807, 2.05) is 12.1 Å². The smallest absolute Gasteiger partial charge is 0.258 e. The second kappa shape index (κ2) is 6.51. The average Bonchev–Trinajstić information content (AvgIpc) is 2.41. The fourth-order valence-electron chi connectivity index (χ4n) is 3.05. The fourth-order valence-corrected chi connectivity index (χ4v) is 3.72. The van der Waals surface area contributed by atoms with Crippen molar-refractivity contribution in [1.82, 2.24) is 0 Å². The monoisotopic (exact) mass is 325 g/mol.